The van der Waals surface area contributed by atoms with Crippen LogP contribution in [-0.2, 0) is 0 Å². The molecule has 0 saturated carbocycles. The molecule has 0 spiro atoms. The minimum Gasteiger partial charge on any atom is -0.267 e. The quantitative estimate of drug-likeness (QED) is 0.611. The molecule has 0 unspecified atom stereocenters. The Bertz CT molecular complexity index is 677. The molecule has 0 saturated heterocycles. The van der Waals surface area contributed by atoms with E-state index in [-0.39, 0.29) is 5.91 Å². The number of hydrogen-bond donors (Lipinski definition) is 1. The Morgan fingerprint density at radius 3 is 2.77 bits per heavy atom. The molecular formula is C17H18Cl2N2O. The van der Waals surface area contributed by atoms with Crippen LogP contribution in [0.3, 0.4) is 0 Å². The predicted octanol–water partition coefficient (Wildman–Crippen LogP) is 5.01. The van der Waals surface area contributed by atoms with Crippen molar-refractivity contribution >= 4 is 34.8 Å². The fourth-order valence-electron chi connectivity index (χ4n) is 2.28. The molecule has 1 aliphatic carbocycles. The smallest absolute Gasteiger partial charge is 0.267 e. The molecule has 0 heterocycles. The lowest BCUT2D eigenvalue weighted by Gasteiger charge is -2.22. The van der Waals surface area contributed by atoms with E-state index >= 15 is 0 Å². The summed E-state index contributed by atoms with van der Waals surface area (Å²) in [6.07, 6.45) is 3.88. The molecule has 3 nitrogen and oxygen atoms in total. The monoisotopic (exact) mass is 336 g/mol. The molecule has 0 bridgehead atoms. The number of nitrogens with zero attached hydrogens (tertiary/aromatic N) is 1. The number of rotatable bonds is 3. The van der Waals surface area contributed by atoms with E-state index in [1.54, 1.807) is 12.1 Å². The molecule has 116 valence electrons. The molecule has 0 aliphatic heterocycles. The van der Waals surface area contributed by atoms with E-state index < -0.39 is 0 Å². The number of allylic oxidation sites excluding steroid dienone is 3. The highest BCUT2D eigenvalue weighted by Crippen LogP contribution is 2.26. The molecule has 2 rings (SSSR count). The molecular weight excluding hydrogens is 319 g/mol. The number of halogens is 2. The summed E-state index contributed by atoms with van der Waals surface area (Å²) in [5.41, 5.74) is 6.01. The largest absolute Gasteiger partial charge is 0.272 e. The van der Waals surface area contributed by atoms with Crippen molar-refractivity contribution in [3.05, 3.63) is 57.6 Å². The maximum absolute atomic E-state index is 12.2. The van der Waals surface area contributed by atoms with Crippen LogP contribution in [0.2, 0.25) is 10.0 Å². The summed E-state index contributed by atoms with van der Waals surface area (Å²) in [4.78, 5) is 12.2. The standard InChI is InChI=1S/C17H18Cl2N2O/c1-10(2)12-5-4-11(3)16(8-12)20-21-17(22)14-7-6-13(18)9-15(14)19/h4,6-7,9,12H,1,5,8H2,2-3H3,(H,21,22)/b20-16-/t12-/m0/s1. The van der Waals surface area contributed by atoms with Gasteiger partial charge in [-0.15, -0.1) is 0 Å². The fourth-order valence-corrected chi connectivity index (χ4v) is 2.77. The Morgan fingerprint density at radius 2 is 2.14 bits per heavy atom. The van der Waals surface area contributed by atoms with E-state index in [2.05, 4.69) is 23.2 Å². The van der Waals surface area contributed by atoms with Crippen LogP contribution in [-0.4, -0.2) is 11.6 Å². The van der Waals surface area contributed by atoms with E-state index in [0.29, 0.717) is 21.5 Å². The number of nitrogens with one attached hydrogen (secondary N) is 1. The number of hydrazone groups is 1. The Morgan fingerprint density at radius 1 is 1.41 bits per heavy atom. The summed E-state index contributed by atoms with van der Waals surface area (Å²) in [5, 5.41) is 5.05. The molecule has 0 fully saturated rings. The summed E-state index contributed by atoms with van der Waals surface area (Å²) in [5.74, 6) is 0.0258. The summed E-state index contributed by atoms with van der Waals surface area (Å²) in [7, 11) is 0. The second-order valence-electron chi connectivity index (χ2n) is 5.49. The summed E-state index contributed by atoms with van der Waals surface area (Å²) >= 11 is 11.8. The highest BCUT2D eigenvalue weighted by molar-refractivity contribution is 6.36. The Labute approximate surface area is 140 Å². The molecule has 0 radical (unpaired) electrons. The third-order valence-corrected chi connectivity index (χ3v) is 4.32. The van der Waals surface area contributed by atoms with Crippen molar-refractivity contribution in [2.45, 2.75) is 26.7 Å². The number of benzene rings is 1. The van der Waals surface area contributed by atoms with Gasteiger partial charge in [0, 0.05) is 5.02 Å². The van der Waals surface area contributed by atoms with Gasteiger partial charge < -0.3 is 0 Å². The molecule has 1 amide bonds. The van der Waals surface area contributed by atoms with Gasteiger partial charge in [-0.1, -0.05) is 41.4 Å². The lowest BCUT2D eigenvalue weighted by Crippen LogP contribution is -2.23. The maximum Gasteiger partial charge on any atom is 0.272 e. The maximum atomic E-state index is 12.2. The second-order valence-corrected chi connectivity index (χ2v) is 6.34. The minimum atomic E-state index is -0.348. The van der Waals surface area contributed by atoms with Gasteiger partial charge in [0.25, 0.3) is 5.91 Å². The van der Waals surface area contributed by atoms with Gasteiger partial charge in [0.05, 0.1) is 16.3 Å². The first-order valence-corrected chi connectivity index (χ1v) is 7.78. The van der Waals surface area contributed by atoms with E-state index in [1.165, 1.54) is 6.07 Å². The van der Waals surface area contributed by atoms with Gasteiger partial charge >= 0.3 is 0 Å². The van der Waals surface area contributed by atoms with E-state index in [9.17, 15) is 4.79 Å². The molecule has 1 N–H and O–H groups in total. The number of carbonyl (C=O) groups excluding carboxylic acids is 1. The van der Waals surface area contributed by atoms with Gasteiger partial charge in [-0.25, -0.2) is 5.43 Å². The van der Waals surface area contributed by atoms with Crippen LogP contribution in [0.1, 0.15) is 37.0 Å². The average molecular weight is 337 g/mol. The Hall–Kier alpha value is -1.58. The Balaban J connectivity index is 2.13. The van der Waals surface area contributed by atoms with Crippen molar-refractivity contribution in [2.24, 2.45) is 11.0 Å². The van der Waals surface area contributed by atoms with Gasteiger partial charge in [0.1, 0.15) is 0 Å². The van der Waals surface area contributed by atoms with Crippen LogP contribution >= 0.6 is 23.2 Å². The highest BCUT2D eigenvalue weighted by atomic mass is 35.5. The van der Waals surface area contributed by atoms with Crippen LogP contribution in [0, 0.1) is 5.92 Å². The van der Waals surface area contributed by atoms with E-state index in [4.69, 9.17) is 23.2 Å². The first-order chi connectivity index (χ1) is 10.4. The Kier molecular flexibility index (Phi) is 5.43. The van der Waals surface area contributed by atoms with Crippen molar-refractivity contribution < 1.29 is 4.79 Å². The minimum absolute atomic E-state index is 0.306. The van der Waals surface area contributed by atoms with Crippen LogP contribution < -0.4 is 5.43 Å². The molecule has 22 heavy (non-hydrogen) atoms. The van der Waals surface area contributed by atoms with E-state index in [1.807, 2.05) is 13.8 Å². The lowest BCUT2D eigenvalue weighted by molar-refractivity contribution is 0.0955. The summed E-state index contributed by atoms with van der Waals surface area (Å²) in [6.45, 7) is 8.01. The molecule has 5 heteroatoms. The highest BCUT2D eigenvalue weighted by Gasteiger charge is 2.19. The SMILES string of the molecule is C=C(C)[C@H]1CC=C(C)/C(=N\NC(=O)c2ccc(Cl)cc2Cl)C1. The van der Waals surface area contributed by atoms with Gasteiger partial charge in [0.15, 0.2) is 0 Å². The van der Waals surface area contributed by atoms with Crippen molar-refractivity contribution in [1.29, 1.82) is 0 Å². The van der Waals surface area contributed by atoms with Crippen LogP contribution in [0.15, 0.2) is 47.1 Å². The third-order valence-electron chi connectivity index (χ3n) is 3.77. The van der Waals surface area contributed by atoms with Crippen LogP contribution in [0.4, 0.5) is 0 Å². The van der Waals surface area contributed by atoms with Crippen LogP contribution in [0.5, 0.6) is 0 Å². The van der Waals surface area contributed by atoms with Crippen molar-refractivity contribution in [1.82, 2.24) is 5.43 Å². The van der Waals surface area contributed by atoms with E-state index in [0.717, 1.165) is 29.7 Å². The molecule has 1 aromatic carbocycles. The first-order valence-electron chi connectivity index (χ1n) is 7.03. The number of hydrogen-bond acceptors (Lipinski definition) is 2. The van der Waals surface area contributed by atoms with Gasteiger partial charge in [-0.05, 0) is 56.4 Å². The van der Waals surface area contributed by atoms with Gasteiger partial charge in [0.2, 0.25) is 0 Å². The zero-order valence-electron chi connectivity index (χ0n) is 12.6. The van der Waals surface area contributed by atoms with Crippen LogP contribution in [0.25, 0.3) is 0 Å². The van der Waals surface area contributed by atoms with Crippen molar-refractivity contribution in [3.8, 4) is 0 Å². The fraction of sp³-hybridized carbons (Fsp3) is 0.294. The predicted molar refractivity (Wildman–Crippen MR) is 92.7 cm³/mol. The third kappa shape index (κ3) is 3.99. The normalized spacial score (nSPS) is 19.7. The summed E-state index contributed by atoms with van der Waals surface area (Å²) < 4.78 is 0. The molecule has 1 aliphatic rings. The first kappa shape index (κ1) is 16.8. The van der Waals surface area contributed by atoms with Crippen molar-refractivity contribution in [3.63, 3.8) is 0 Å². The zero-order chi connectivity index (χ0) is 16.3. The van der Waals surface area contributed by atoms with Crippen molar-refractivity contribution in [2.75, 3.05) is 0 Å². The molecule has 1 aromatic rings. The van der Waals surface area contributed by atoms with Gasteiger partial charge in [-0.2, -0.15) is 5.10 Å². The second kappa shape index (κ2) is 7.12. The molecule has 1 atom stereocenters. The summed E-state index contributed by atoms with van der Waals surface area (Å²) in [6, 6.07) is 4.74. The van der Waals surface area contributed by atoms with Gasteiger partial charge in [-0.3, -0.25) is 4.79 Å². The zero-order valence-corrected chi connectivity index (χ0v) is 14.1. The number of carbonyl (C=O) groups is 1. The molecule has 0 aromatic heterocycles. The average Bonchev–Trinajstić information content (AvgIpc) is 2.45. The lowest BCUT2D eigenvalue weighted by atomic mass is 9.85. The topological polar surface area (TPSA) is 41.5 Å². The number of amides is 1.